The van der Waals surface area contributed by atoms with Crippen LogP contribution in [0.5, 0.6) is 5.75 Å². The molecule has 8 atom stereocenters. The van der Waals surface area contributed by atoms with Gasteiger partial charge in [-0.1, -0.05) is 102 Å². The zero-order valence-electron chi connectivity index (χ0n) is 57.7. The summed E-state index contributed by atoms with van der Waals surface area (Å²) in [5.41, 5.74) is -0.899. The molecular formula is C67H104Cl2N12O13. The number of fused-ring (bicyclic) bond motifs is 1. The number of hydrogen-bond donors (Lipinski definition) is 3. The van der Waals surface area contributed by atoms with Crippen molar-refractivity contribution in [1.29, 1.82) is 0 Å². The molecule has 3 saturated heterocycles. The van der Waals surface area contributed by atoms with Crippen molar-refractivity contribution in [2.45, 2.75) is 204 Å². The zero-order valence-corrected chi connectivity index (χ0v) is 59.2. The SMILES string of the molecule is CC[C@H](C)[C@@H]1NC(=O)[C@H](C)N(C)C(=O)C[C@@H](C(=O)N2CCCCC2)N(C)C(=O)[C@H](C(C)C)N(C)C(=O)C2(CCCC2)NC(=O)C2CCCN2C(=O)[C@H](CCc2cc(Cl)c(Cl)c(OC)c2)NC(=O)CN(C)C(=O)[C@H](CC2CCCCC2)N(C)C(=O)CN(C)C(=O)CN(C)C1=O. The summed E-state index contributed by atoms with van der Waals surface area (Å²) < 4.78 is 5.47. The molecule has 3 heterocycles. The second-order valence-corrected chi connectivity index (χ2v) is 28.1. The summed E-state index contributed by atoms with van der Waals surface area (Å²) in [5.74, 6) is -8.01. The Bertz CT molecular complexity index is 2940. The van der Waals surface area contributed by atoms with Gasteiger partial charge in [0.1, 0.15) is 58.6 Å². The molecule has 27 heteroatoms. The van der Waals surface area contributed by atoms with Gasteiger partial charge in [0, 0.05) is 69.0 Å². The normalized spacial score (nSPS) is 26.5. The lowest BCUT2D eigenvalue weighted by Gasteiger charge is -2.41. The molecule has 524 valence electrons. The minimum atomic E-state index is -1.52. The van der Waals surface area contributed by atoms with Crippen LogP contribution < -0.4 is 20.7 Å². The van der Waals surface area contributed by atoms with E-state index in [4.69, 9.17) is 27.9 Å². The van der Waals surface area contributed by atoms with Gasteiger partial charge in [-0.25, -0.2) is 0 Å². The van der Waals surface area contributed by atoms with Crippen molar-refractivity contribution in [3.63, 3.8) is 0 Å². The molecular weight excluding hydrogens is 1250 g/mol. The number of benzene rings is 1. The van der Waals surface area contributed by atoms with E-state index in [1.165, 1.54) is 87.9 Å². The van der Waals surface area contributed by atoms with E-state index in [1.807, 2.05) is 6.92 Å². The number of aryl methyl sites for hydroxylation is 1. The highest BCUT2D eigenvalue weighted by Crippen LogP contribution is 2.36. The molecule has 2 saturated carbocycles. The van der Waals surface area contributed by atoms with Gasteiger partial charge in [-0.3, -0.25) is 57.5 Å². The fourth-order valence-corrected chi connectivity index (χ4v) is 14.4. The highest BCUT2D eigenvalue weighted by atomic mass is 35.5. The molecule has 1 unspecified atom stereocenters. The van der Waals surface area contributed by atoms with Gasteiger partial charge in [0.05, 0.1) is 38.2 Å². The fourth-order valence-electron chi connectivity index (χ4n) is 13.9. The van der Waals surface area contributed by atoms with Gasteiger partial charge in [0.25, 0.3) is 0 Å². The predicted octanol–water partition coefficient (Wildman–Crippen LogP) is 4.12. The van der Waals surface area contributed by atoms with Gasteiger partial charge in [0.2, 0.25) is 70.9 Å². The van der Waals surface area contributed by atoms with Crippen molar-refractivity contribution >= 4 is 94.1 Å². The van der Waals surface area contributed by atoms with Crippen LogP contribution in [0.1, 0.15) is 156 Å². The monoisotopic (exact) mass is 1350 g/mol. The molecule has 0 bridgehead atoms. The molecule has 3 N–H and O–H groups in total. The lowest BCUT2D eigenvalue weighted by molar-refractivity contribution is -0.156. The van der Waals surface area contributed by atoms with Crippen molar-refractivity contribution in [3.05, 3.63) is 27.7 Å². The first-order chi connectivity index (χ1) is 44.4. The topological polar surface area (TPSA) is 279 Å². The maximum atomic E-state index is 15.4. The van der Waals surface area contributed by atoms with Crippen molar-refractivity contribution in [1.82, 2.24) is 60.0 Å². The van der Waals surface area contributed by atoms with Crippen LogP contribution >= 0.6 is 23.2 Å². The Morgan fingerprint density at radius 3 is 1.88 bits per heavy atom. The summed E-state index contributed by atoms with van der Waals surface area (Å²) in [6.07, 6.45) is 9.27. The molecule has 6 rings (SSSR count). The second kappa shape index (κ2) is 34.3. The van der Waals surface area contributed by atoms with Crippen LogP contribution in [-0.4, -0.2) is 259 Å². The number of nitrogens with zero attached hydrogens (tertiary/aromatic N) is 9. The lowest BCUT2D eigenvalue weighted by Crippen LogP contribution is -2.65. The van der Waals surface area contributed by atoms with Gasteiger partial charge in [-0.05, 0) is 107 Å². The fraction of sp³-hybridized carbons (Fsp3) is 0.731. The van der Waals surface area contributed by atoms with Crippen molar-refractivity contribution in [2.24, 2.45) is 17.8 Å². The lowest BCUT2D eigenvalue weighted by atomic mass is 9.84. The van der Waals surface area contributed by atoms with Crippen LogP contribution in [0, 0.1) is 17.8 Å². The van der Waals surface area contributed by atoms with E-state index in [9.17, 15) is 43.2 Å². The maximum absolute atomic E-state index is 15.4. The first kappa shape index (κ1) is 76.3. The van der Waals surface area contributed by atoms with E-state index in [2.05, 4.69) is 16.0 Å². The number of likely N-dealkylation sites (tertiary alicyclic amines) is 1. The van der Waals surface area contributed by atoms with E-state index in [1.54, 1.807) is 37.8 Å². The van der Waals surface area contributed by atoms with Crippen LogP contribution in [0.15, 0.2) is 12.1 Å². The number of carbonyl (C=O) groups is 12. The number of hydrogen-bond acceptors (Lipinski definition) is 13. The third-order valence-corrected chi connectivity index (χ3v) is 21.1. The number of carbonyl (C=O) groups excluding carboxylic acids is 12. The number of rotatable bonds is 10. The maximum Gasteiger partial charge on any atom is 0.248 e. The average molecular weight is 1360 g/mol. The summed E-state index contributed by atoms with van der Waals surface area (Å²) in [4.78, 5) is 188. The van der Waals surface area contributed by atoms with Gasteiger partial charge in [0.15, 0.2) is 0 Å². The van der Waals surface area contributed by atoms with Crippen LogP contribution in [0.25, 0.3) is 0 Å². The quantitative estimate of drug-likeness (QED) is 0.298. The summed E-state index contributed by atoms with van der Waals surface area (Å²) in [7, 11) is 11.4. The molecule has 2 aliphatic carbocycles. The van der Waals surface area contributed by atoms with Crippen LogP contribution in [0.3, 0.4) is 0 Å². The Hall–Kier alpha value is -6.76. The van der Waals surface area contributed by atoms with Crippen molar-refractivity contribution in [2.75, 3.05) is 95.7 Å². The standard InChI is InChI=1S/C67H104Cl2N12O13/c1-14-42(4)57-64(91)75(8)39-54(84)73(6)40-55(85)77(10)49(35-44-24-17-15-18-25-44)62(89)74(7)38-52(82)70-47(28-27-45-34-46(68)56(69)51(36-45)94-13)61(88)81-33-23-26-48(81)60(87)72-67(29-19-20-30-67)66(93)79(12)58(41(2)3)65(92)78(11)50(63(90)80-31-21-16-22-32-80)37-53(83)76(9)43(5)59(86)71-57/h34,36,41-44,47-50,57-58H,14-33,35,37-40H2,1-13H3,(H,70,82)(H,71,86)(H,72,87)/t42-,43-,47-,48?,49-,50-,57-,58-/m0/s1. The van der Waals surface area contributed by atoms with E-state index < -0.39 is 157 Å². The van der Waals surface area contributed by atoms with E-state index in [0.717, 1.165) is 53.2 Å². The minimum Gasteiger partial charge on any atom is -0.495 e. The first-order valence-electron chi connectivity index (χ1n) is 33.7. The third kappa shape index (κ3) is 18.6. The molecule has 5 aliphatic rings. The average Bonchev–Trinajstić information content (AvgIpc) is 1.42. The van der Waals surface area contributed by atoms with Crippen molar-refractivity contribution in [3.8, 4) is 5.75 Å². The molecule has 1 aromatic carbocycles. The number of nitrogens with one attached hydrogen (secondary N) is 3. The highest BCUT2D eigenvalue weighted by Gasteiger charge is 2.50. The predicted molar refractivity (Wildman–Crippen MR) is 355 cm³/mol. The largest absolute Gasteiger partial charge is 0.495 e. The summed E-state index contributed by atoms with van der Waals surface area (Å²) in [5, 5.41) is 9.13. The molecule has 94 heavy (non-hydrogen) atoms. The number of piperidine rings is 1. The van der Waals surface area contributed by atoms with Gasteiger partial charge in [-0.2, -0.15) is 0 Å². The summed E-state index contributed by atoms with van der Waals surface area (Å²) in [6, 6.07) is -5.11. The number of likely N-dealkylation sites (N-methyl/N-ethyl adjacent to an activating group) is 7. The Morgan fingerprint density at radius 2 is 1.27 bits per heavy atom. The van der Waals surface area contributed by atoms with Crippen LogP contribution in [0.2, 0.25) is 10.0 Å². The van der Waals surface area contributed by atoms with Crippen LogP contribution in [0.4, 0.5) is 0 Å². The highest BCUT2D eigenvalue weighted by molar-refractivity contribution is 6.43. The molecule has 5 fully saturated rings. The van der Waals surface area contributed by atoms with Crippen molar-refractivity contribution < 1.29 is 62.3 Å². The molecule has 12 amide bonds. The summed E-state index contributed by atoms with van der Waals surface area (Å²) >= 11 is 12.9. The molecule has 3 aliphatic heterocycles. The first-order valence-corrected chi connectivity index (χ1v) is 34.5. The van der Waals surface area contributed by atoms with Gasteiger partial charge < -0.3 is 64.8 Å². The van der Waals surface area contributed by atoms with Crippen LogP contribution in [-0.2, 0) is 64.0 Å². The Kier molecular flexibility index (Phi) is 27.8. The van der Waals surface area contributed by atoms with Gasteiger partial charge in [-0.15, -0.1) is 0 Å². The second-order valence-electron chi connectivity index (χ2n) is 27.3. The van der Waals surface area contributed by atoms with E-state index in [-0.39, 0.29) is 66.8 Å². The molecule has 25 nitrogen and oxygen atoms in total. The van der Waals surface area contributed by atoms with E-state index >= 15 is 14.4 Å². The summed E-state index contributed by atoms with van der Waals surface area (Å²) in [6.45, 7) is 7.95. The minimum absolute atomic E-state index is 0.0122. The molecule has 0 aromatic heterocycles. The zero-order chi connectivity index (χ0) is 69.6. The van der Waals surface area contributed by atoms with Gasteiger partial charge >= 0.3 is 0 Å². The number of amides is 12. The third-order valence-electron chi connectivity index (χ3n) is 20.3. The molecule has 1 aromatic rings. The number of methoxy groups -OCH3 is 1. The Labute approximate surface area is 565 Å². The smallest absolute Gasteiger partial charge is 0.248 e. The Balaban J connectivity index is 1.39. The van der Waals surface area contributed by atoms with E-state index in [0.29, 0.717) is 57.2 Å². The Morgan fingerprint density at radius 1 is 0.649 bits per heavy atom. The molecule has 0 radical (unpaired) electrons. The molecule has 1 spiro atoms. The number of halogens is 2. The number of ether oxygens (including phenoxy) is 1.